The number of nitrogens with one attached hydrogen (secondary N) is 1. The van der Waals surface area contributed by atoms with Gasteiger partial charge in [0, 0.05) is 23.6 Å². The van der Waals surface area contributed by atoms with E-state index in [-0.39, 0.29) is 5.91 Å². The number of carbonyl (C=O) groups excluding carboxylic acids is 1. The molecule has 0 bridgehead atoms. The predicted molar refractivity (Wildman–Crippen MR) is 109 cm³/mol. The number of halogens is 1. The molecule has 1 aromatic heterocycles. The summed E-state index contributed by atoms with van der Waals surface area (Å²) in [7, 11) is 3.21. The number of carbonyl (C=O) groups is 1. The summed E-state index contributed by atoms with van der Waals surface area (Å²) in [5, 5.41) is 7.90. The molecule has 3 aromatic rings. The number of methoxy groups -OCH3 is 2. The first-order valence-corrected chi connectivity index (χ1v) is 9.23. The maximum Gasteiger partial charge on any atom is 0.225 e. The van der Waals surface area contributed by atoms with Gasteiger partial charge < -0.3 is 14.8 Å². The molecule has 0 fully saturated rings. The van der Waals surface area contributed by atoms with Crippen LogP contribution < -0.4 is 14.8 Å². The van der Waals surface area contributed by atoms with Gasteiger partial charge in [0.2, 0.25) is 5.91 Å². The molecule has 0 saturated heterocycles. The molecule has 1 N–H and O–H groups in total. The summed E-state index contributed by atoms with van der Waals surface area (Å²) < 4.78 is 12.3. The van der Waals surface area contributed by atoms with Crippen molar-refractivity contribution in [1.82, 2.24) is 9.78 Å². The zero-order chi connectivity index (χ0) is 19.9. The highest BCUT2D eigenvalue weighted by Crippen LogP contribution is 2.23. The van der Waals surface area contributed by atoms with Crippen molar-refractivity contribution < 1.29 is 14.3 Å². The summed E-state index contributed by atoms with van der Waals surface area (Å²) in [6, 6.07) is 14.9. The van der Waals surface area contributed by atoms with Crippen LogP contribution in [0.15, 0.2) is 54.7 Å². The SMILES string of the molecule is COc1cc(CCC(=O)Nc2ccnn2Cc2ccc(Cl)cc2)cc(OC)c1. The van der Waals surface area contributed by atoms with Gasteiger partial charge in [-0.2, -0.15) is 5.10 Å². The number of benzene rings is 2. The van der Waals surface area contributed by atoms with Crippen molar-refractivity contribution in [2.75, 3.05) is 19.5 Å². The lowest BCUT2D eigenvalue weighted by Gasteiger charge is -2.10. The Balaban J connectivity index is 1.60. The molecule has 0 atom stereocenters. The molecule has 3 rings (SSSR count). The third kappa shape index (κ3) is 5.27. The van der Waals surface area contributed by atoms with Gasteiger partial charge >= 0.3 is 0 Å². The van der Waals surface area contributed by atoms with Gasteiger partial charge in [-0.15, -0.1) is 0 Å². The van der Waals surface area contributed by atoms with Crippen LogP contribution in [0.25, 0.3) is 0 Å². The Bertz CT molecular complexity index is 916. The highest BCUT2D eigenvalue weighted by molar-refractivity contribution is 6.30. The Kier molecular flexibility index (Phi) is 6.55. The van der Waals surface area contributed by atoms with E-state index in [4.69, 9.17) is 21.1 Å². The van der Waals surface area contributed by atoms with E-state index in [2.05, 4.69) is 10.4 Å². The molecule has 0 saturated carbocycles. The number of ether oxygens (including phenoxy) is 2. The normalized spacial score (nSPS) is 10.5. The molecule has 0 radical (unpaired) electrons. The molecule has 146 valence electrons. The van der Waals surface area contributed by atoms with Crippen LogP contribution in [0.2, 0.25) is 5.02 Å². The monoisotopic (exact) mass is 399 g/mol. The molecule has 2 aromatic carbocycles. The molecule has 1 heterocycles. The van der Waals surface area contributed by atoms with E-state index in [0.717, 1.165) is 11.1 Å². The van der Waals surface area contributed by atoms with Crippen molar-refractivity contribution >= 4 is 23.3 Å². The van der Waals surface area contributed by atoms with Crippen molar-refractivity contribution in [1.29, 1.82) is 0 Å². The number of rotatable bonds is 8. The van der Waals surface area contributed by atoms with Crippen LogP contribution in [0.1, 0.15) is 17.5 Å². The molecular formula is C21H22ClN3O3. The molecule has 0 unspecified atom stereocenters. The summed E-state index contributed by atoms with van der Waals surface area (Å²) in [4.78, 5) is 12.4. The number of aromatic nitrogens is 2. The second kappa shape index (κ2) is 9.28. The quantitative estimate of drug-likeness (QED) is 0.617. The molecular weight excluding hydrogens is 378 g/mol. The minimum absolute atomic E-state index is 0.0837. The fourth-order valence-electron chi connectivity index (χ4n) is 2.80. The van der Waals surface area contributed by atoms with Gasteiger partial charge in [-0.05, 0) is 41.8 Å². The van der Waals surface area contributed by atoms with Crippen LogP contribution in [0.3, 0.4) is 0 Å². The van der Waals surface area contributed by atoms with Gasteiger partial charge in [0.1, 0.15) is 17.3 Å². The zero-order valence-electron chi connectivity index (χ0n) is 15.8. The van der Waals surface area contributed by atoms with E-state index in [1.165, 1.54) is 0 Å². The number of aryl methyl sites for hydroxylation is 1. The number of hydrogen-bond donors (Lipinski definition) is 1. The summed E-state index contributed by atoms with van der Waals surface area (Å²) >= 11 is 5.92. The van der Waals surface area contributed by atoms with Gasteiger partial charge in [0.05, 0.1) is 27.0 Å². The van der Waals surface area contributed by atoms with E-state index in [0.29, 0.717) is 41.7 Å². The molecule has 0 aliphatic rings. The number of amides is 1. The van der Waals surface area contributed by atoms with E-state index in [1.807, 2.05) is 36.4 Å². The van der Waals surface area contributed by atoms with Crippen LogP contribution in [0.5, 0.6) is 11.5 Å². The first-order chi connectivity index (χ1) is 13.6. The van der Waals surface area contributed by atoms with Crippen molar-refractivity contribution in [3.63, 3.8) is 0 Å². The highest BCUT2D eigenvalue weighted by Gasteiger charge is 2.10. The second-order valence-corrected chi connectivity index (χ2v) is 6.71. The van der Waals surface area contributed by atoms with Crippen LogP contribution >= 0.6 is 11.6 Å². The third-order valence-corrected chi connectivity index (χ3v) is 4.53. The van der Waals surface area contributed by atoms with Crippen LogP contribution in [0.4, 0.5) is 5.82 Å². The number of hydrogen-bond acceptors (Lipinski definition) is 4. The third-order valence-electron chi connectivity index (χ3n) is 4.28. The van der Waals surface area contributed by atoms with E-state index in [1.54, 1.807) is 37.2 Å². The van der Waals surface area contributed by atoms with Gasteiger partial charge in [-0.3, -0.25) is 4.79 Å². The van der Waals surface area contributed by atoms with Crippen molar-refractivity contribution in [2.45, 2.75) is 19.4 Å². The van der Waals surface area contributed by atoms with E-state index in [9.17, 15) is 4.79 Å². The van der Waals surface area contributed by atoms with Gasteiger partial charge in [0.25, 0.3) is 0 Å². The molecule has 1 amide bonds. The smallest absolute Gasteiger partial charge is 0.225 e. The van der Waals surface area contributed by atoms with Gasteiger partial charge in [-0.1, -0.05) is 23.7 Å². The lowest BCUT2D eigenvalue weighted by molar-refractivity contribution is -0.116. The van der Waals surface area contributed by atoms with Crippen LogP contribution in [-0.4, -0.2) is 29.9 Å². The summed E-state index contributed by atoms with van der Waals surface area (Å²) in [5.74, 6) is 1.98. The van der Waals surface area contributed by atoms with Crippen LogP contribution in [-0.2, 0) is 17.8 Å². The maximum absolute atomic E-state index is 12.4. The topological polar surface area (TPSA) is 65.4 Å². The van der Waals surface area contributed by atoms with Crippen LogP contribution in [0, 0.1) is 0 Å². The second-order valence-electron chi connectivity index (χ2n) is 6.27. The predicted octanol–water partition coefficient (Wildman–Crippen LogP) is 4.17. The molecule has 0 spiro atoms. The Hall–Kier alpha value is -2.99. The number of anilines is 1. The lowest BCUT2D eigenvalue weighted by atomic mass is 10.1. The average molecular weight is 400 g/mol. The minimum Gasteiger partial charge on any atom is -0.497 e. The highest BCUT2D eigenvalue weighted by atomic mass is 35.5. The molecule has 6 nitrogen and oxygen atoms in total. The summed E-state index contributed by atoms with van der Waals surface area (Å²) in [6.45, 7) is 0.548. The van der Waals surface area contributed by atoms with E-state index >= 15 is 0 Å². The lowest BCUT2D eigenvalue weighted by Crippen LogP contribution is -2.16. The first-order valence-electron chi connectivity index (χ1n) is 8.85. The Labute approximate surface area is 169 Å². The number of nitrogens with zero attached hydrogens (tertiary/aromatic N) is 2. The molecule has 7 heteroatoms. The summed E-state index contributed by atoms with van der Waals surface area (Å²) in [5.41, 5.74) is 2.02. The first kappa shape index (κ1) is 19.8. The van der Waals surface area contributed by atoms with Gasteiger partial charge in [-0.25, -0.2) is 4.68 Å². The van der Waals surface area contributed by atoms with Crippen molar-refractivity contribution in [2.24, 2.45) is 0 Å². The molecule has 0 aliphatic carbocycles. The Morgan fingerprint density at radius 3 is 2.36 bits per heavy atom. The maximum atomic E-state index is 12.4. The minimum atomic E-state index is -0.0837. The largest absolute Gasteiger partial charge is 0.497 e. The van der Waals surface area contributed by atoms with Crippen molar-refractivity contribution in [3.8, 4) is 11.5 Å². The Morgan fingerprint density at radius 2 is 1.71 bits per heavy atom. The average Bonchev–Trinajstić information content (AvgIpc) is 3.14. The molecule has 0 aliphatic heterocycles. The zero-order valence-corrected chi connectivity index (χ0v) is 16.6. The van der Waals surface area contributed by atoms with Gasteiger partial charge in [0.15, 0.2) is 0 Å². The Morgan fingerprint density at radius 1 is 1.04 bits per heavy atom. The standard InChI is InChI=1S/C21H22ClN3O3/c1-27-18-11-16(12-19(13-18)28-2)5-8-21(26)24-20-9-10-23-25(20)14-15-3-6-17(22)7-4-15/h3-4,6-7,9-13H,5,8,14H2,1-2H3,(H,24,26). The molecule has 28 heavy (non-hydrogen) atoms. The van der Waals surface area contributed by atoms with Crippen molar-refractivity contribution in [3.05, 3.63) is 70.9 Å². The fraction of sp³-hybridized carbons (Fsp3) is 0.238. The summed E-state index contributed by atoms with van der Waals surface area (Å²) in [6.07, 6.45) is 2.58. The fourth-order valence-corrected chi connectivity index (χ4v) is 2.93. The van der Waals surface area contributed by atoms with E-state index < -0.39 is 0 Å².